The maximum Gasteiger partial charge on any atom is 0.265 e. The van der Waals surface area contributed by atoms with Crippen molar-refractivity contribution in [1.29, 1.82) is 0 Å². The first-order valence-corrected chi connectivity index (χ1v) is 5.30. The van der Waals surface area contributed by atoms with Gasteiger partial charge in [-0.2, -0.15) is 0 Å². The molecule has 2 rings (SSSR count). The fourth-order valence-corrected chi connectivity index (χ4v) is 1.92. The quantitative estimate of drug-likeness (QED) is 0.703. The highest BCUT2D eigenvalue weighted by Crippen LogP contribution is 2.36. The van der Waals surface area contributed by atoms with Gasteiger partial charge in [-0.15, -0.1) is 0 Å². The Labute approximate surface area is 102 Å². The molecule has 0 aliphatic carbocycles. The molecule has 0 saturated heterocycles. The van der Waals surface area contributed by atoms with Crippen LogP contribution >= 0.6 is 11.6 Å². The van der Waals surface area contributed by atoms with Gasteiger partial charge in [0.2, 0.25) is 0 Å². The van der Waals surface area contributed by atoms with Gasteiger partial charge in [0, 0.05) is 5.56 Å². The van der Waals surface area contributed by atoms with Crippen molar-refractivity contribution in [2.75, 3.05) is 0 Å². The van der Waals surface area contributed by atoms with Gasteiger partial charge < -0.3 is 0 Å². The Hall–Kier alpha value is -1.48. The largest absolute Gasteiger partial charge is 0.265 e. The van der Waals surface area contributed by atoms with Crippen molar-refractivity contribution in [3.8, 4) is 11.1 Å². The van der Waals surface area contributed by atoms with Crippen molar-refractivity contribution < 1.29 is 13.2 Å². The van der Waals surface area contributed by atoms with E-state index in [-0.39, 0.29) is 16.1 Å². The summed E-state index contributed by atoms with van der Waals surface area (Å²) in [5.41, 5.74) is 0.384. The summed E-state index contributed by atoms with van der Waals surface area (Å²) >= 11 is 5.74. The highest BCUT2D eigenvalue weighted by Gasteiger charge is 2.17. The lowest BCUT2D eigenvalue weighted by Gasteiger charge is -2.10. The summed E-state index contributed by atoms with van der Waals surface area (Å²) in [7, 11) is 0. The molecule has 0 bridgehead atoms. The molecule has 17 heavy (non-hydrogen) atoms. The lowest BCUT2D eigenvalue weighted by atomic mass is 10.00. The van der Waals surface area contributed by atoms with Crippen LogP contribution in [0, 0.1) is 5.82 Å². The topological polar surface area (TPSA) is 0 Å². The summed E-state index contributed by atoms with van der Waals surface area (Å²) in [6.07, 6.45) is -2.69. The summed E-state index contributed by atoms with van der Waals surface area (Å²) < 4.78 is 38.9. The van der Waals surface area contributed by atoms with Gasteiger partial charge in [0.05, 0.1) is 5.02 Å². The molecule has 4 heteroatoms. The number of alkyl halides is 2. The minimum Gasteiger partial charge on any atom is -0.207 e. The predicted molar refractivity (Wildman–Crippen MR) is 61.8 cm³/mol. The number of rotatable bonds is 2. The number of hydrogen-bond acceptors (Lipinski definition) is 0. The Balaban J connectivity index is 2.63. The first-order chi connectivity index (χ1) is 8.09. The molecule has 2 aromatic carbocycles. The highest BCUT2D eigenvalue weighted by molar-refractivity contribution is 6.31. The number of halogens is 4. The van der Waals surface area contributed by atoms with E-state index in [0.717, 1.165) is 0 Å². The SMILES string of the molecule is Fc1cccc(-c2cccc(Cl)c2C(F)F)c1. The molecule has 2 aromatic rings. The molecule has 0 atom stereocenters. The van der Waals surface area contributed by atoms with E-state index in [9.17, 15) is 13.2 Å². The van der Waals surface area contributed by atoms with Crippen molar-refractivity contribution in [1.82, 2.24) is 0 Å². The predicted octanol–water partition coefficient (Wildman–Crippen LogP) is 5.08. The second-order valence-electron chi connectivity index (χ2n) is 3.51. The van der Waals surface area contributed by atoms with Crippen LogP contribution in [0.2, 0.25) is 5.02 Å². The number of hydrogen-bond donors (Lipinski definition) is 0. The first-order valence-electron chi connectivity index (χ1n) is 4.92. The fraction of sp³-hybridized carbons (Fsp3) is 0.0769. The van der Waals surface area contributed by atoms with Crippen LogP contribution in [0.5, 0.6) is 0 Å². The van der Waals surface area contributed by atoms with E-state index in [0.29, 0.717) is 5.56 Å². The highest BCUT2D eigenvalue weighted by atomic mass is 35.5. The zero-order valence-electron chi connectivity index (χ0n) is 8.63. The van der Waals surface area contributed by atoms with E-state index in [4.69, 9.17) is 11.6 Å². The molecule has 0 fully saturated rings. The Bertz CT molecular complexity index is 538. The maximum atomic E-state index is 13.1. The van der Waals surface area contributed by atoms with Gasteiger partial charge in [-0.1, -0.05) is 35.9 Å². The average molecular weight is 257 g/mol. The zero-order valence-corrected chi connectivity index (χ0v) is 9.39. The van der Waals surface area contributed by atoms with E-state index >= 15 is 0 Å². The Kier molecular flexibility index (Phi) is 3.38. The van der Waals surface area contributed by atoms with Crippen LogP contribution in [0.25, 0.3) is 11.1 Å². The molecule has 0 saturated carbocycles. The molecule has 0 N–H and O–H groups in total. The first kappa shape index (κ1) is 12.0. The molecule has 0 nitrogen and oxygen atoms in total. The second-order valence-corrected chi connectivity index (χ2v) is 3.92. The van der Waals surface area contributed by atoms with Crippen LogP contribution in [-0.2, 0) is 0 Å². The summed E-state index contributed by atoms with van der Waals surface area (Å²) in [4.78, 5) is 0. The van der Waals surface area contributed by atoms with Gasteiger partial charge in [-0.3, -0.25) is 0 Å². The summed E-state index contributed by atoms with van der Waals surface area (Å²) in [6, 6.07) is 9.97. The van der Waals surface area contributed by atoms with E-state index < -0.39 is 12.2 Å². The molecule has 0 unspecified atom stereocenters. The zero-order chi connectivity index (χ0) is 12.4. The normalized spacial score (nSPS) is 10.9. The third-order valence-corrected chi connectivity index (χ3v) is 2.74. The molecule has 0 aliphatic rings. The summed E-state index contributed by atoms with van der Waals surface area (Å²) in [5.74, 6) is -0.470. The van der Waals surface area contributed by atoms with Gasteiger partial charge >= 0.3 is 0 Å². The van der Waals surface area contributed by atoms with Gasteiger partial charge in [-0.05, 0) is 29.3 Å². The molecular formula is C13H8ClF3. The molecular weight excluding hydrogens is 249 g/mol. The lowest BCUT2D eigenvalue weighted by Crippen LogP contribution is -1.92. The molecule has 0 radical (unpaired) electrons. The number of benzene rings is 2. The molecule has 0 aromatic heterocycles. The lowest BCUT2D eigenvalue weighted by molar-refractivity contribution is 0.152. The molecule has 0 amide bonds. The van der Waals surface area contributed by atoms with Crippen LogP contribution < -0.4 is 0 Å². The Morgan fingerprint density at radius 2 is 1.71 bits per heavy atom. The Morgan fingerprint density at radius 3 is 2.35 bits per heavy atom. The second kappa shape index (κ2) is 4.80. The van der Waals surface area contributed by atoms with Gasteiger partial charge in [-0.25, -0.2) is 13.2 Å². The Morgan fingerprint density at radius 1 is 1.00 bits per heavy atom. The molecule has 0 aliphatic heterocycles. The third-order valence-electron chi connectivity index (χ3n) is 2.41. The van der Waals surface area contributed by atoms with Gasteiger partial charge in [0.15, 0.2) is 0 Å². The van der Waals surface area contributed by atoms with Crippen molar-refractivity contribution in [3.05, 3.63) is 58.9 Å². The van der Waals surface area contributed by atoms with E-state index in [1.807, 2.05) is 0 Å². The standard InChI is InChI=1S/C13H8ClF3/c14-11-6-2-5-10(12(11)13(16)17)8-3-1-4-9(15)7-8/h1-7,13H. The van der Waals surface area contributed by atoms with Crippen LogP contribution in [0.3, 0.4) is 0 Å². The van der Waals surface area contributed by atoms with E-state index in [1.165, 1.54) is 30.3 Å². The van der Waals surface area contributed by atoms with Gasteiger partial charge in [0.1, 0.15) is 5.82 Å². The monoisotopic (exact) mass is 256 g/mol. The van der Waals surface area contributed by atoms with Crippen LogP contribution in [0.15, 0.2) is 42.5 Å². The summed E-state index contributed by atoms with van der Waals surface area (Å²) in [6.45, 7) is 0. The van der Waals surface area contributed by atoms with Crippen molar-refractivity contribution >= 4 is 11.6 Å². The van der Waals surface area contributed by atoms with Crippen LogP contribution in [0.4, 0.5) is 13.2 Å². The molecule has 88 valence electrons. The molecule has 0 heterocycles. The van der Waals surface area contributed by atoms with Gasteiger partial charge in [0.25, 0.3) is 6.43 Å². The van der Waals surface area contributed by atoms with E-state index in [2.05, 4.69) is 0 Å². The van der Waals surface area contributed by atoms with E-state index in [1.54, 1.807) is 12.1 Å². The van der Waals surface area contributed by atoms with Crippen molar-refractivity contribution in [2.45, 2.75) is 6.43 Å². The van der Waals surface area contributed by atoms with Crippen LogP contribution in [-0.4, -0.2) is 0 Å². The maximum absolute atomic E-state index is 13.1. The summed E-state index contributed by atoms with van der Waals surface area (Å²) in [5, 5.41) is -0.0123. The minimum absolute atomic E-state index is 0.0123. The third kappa shape index (κ3) is 2.44. The van der Waals surface area contributed by atoms with Crippen molar-refractivity contribution in [2.24, 2.45) is 0 Å². The smallest absolute Gasteiger partial charge is 0.207 e. The minimum atomic E-state index is -2.69. The van der Waals surface area contributed by atoms with Crippen molar-refractivity contribution in [3.63, 3.8) is 0 Å². The van der Waals surface area contributed by atoms with Crippen LogP contribution in [0.1, 0.15) is 12.0 Å². The molecule has 0 spiro atoms. The average Bonchev–Trinajstić information content (AvgIpc) is 2.28. The fourth-order valence-electron chi connectivity index (χ4n) is 1.67.